The lowest BCUT2D eigenvalue weighted by Crippen LogP contribution is -2.46. The van der Waals surface area contributed by atoms with E-state index in [4.69, 9.17) is 19.6 Å². The number of aromatic carboxylic acids is 1. The van der Waals surface area contributed by atoms with Crippen LogP contribution in [0.1, 0.15) is 46.1 Å². The lowest BCUT2D eigenvalue weighted by atomic mass is 9.98. The molecule has 214 valence electrons. The molecule has 2 saturated heterocycles. The van der Waals surface area contributed by atoms with Gasteiger partial charge in [0.2, 0.25) is 5.88 Å². The van der Waals surface area contributed by atoms with Gasteiger partial charge in [0.25, 0.3) is 6.02 Å². The maximum atomic E-state index is 11.1. The Kier molecular flexibility index (Phi) is 8.14. The minimum absolute atomic E-state index is 0.143. The van der Waals surface area contributed by atoms with Crippen LogP contribution in [0.2, 0.25) is 0 Å². The van der Waals surface area contributed by atoms with Gasteiger partial charge in [0.05, 0.1) is 17.3 Å². The van der Waals surface area contributed by atoms with Crippen molar-refractivity contribution in [1.82, 2.24) is 14.8 Å². The molecule has 0 saturated carbocycles. The maximum absolute atomic E-state index is 11.1. The summed E-state index contributed by atoms with van der Waals surface area (Å²) in [5.41, 5.74) is 4.46. The first-order chi connectivity index (χ1) is 20.5. The number of para-hydroxylation sites is 1. The van der Waals surface area contributed by atoms with Crippen LogP contribution in [0.15, 0.2) is 102 Å². The maximum Gasteiger partial charge on any atom is 0.335 e. The Labute approximate surface area is 245 Å². The molecule has 42 heavy (non-hydrogen) atoms. The number of hydrogen-bond acceptors (Lipinski definition) is 6. The summed E-state index contributed by atoms with van der Waals surface area (Å²) < 4.78 is 12.1. The summed E-state index contributed by atoms with van der Waals surface area (Å²) in [4.78, 5) is 25.5. The SMILES string of the molecule is Cc1nc(Oc2ccc(C(=O)O)cc2)ccc1CN1CCC(N2/C(=N\c3ccccc3)OC[C@H]2c2ccccc2)CC1. The zero-order valence-electron chi connectivity index (χ0n) is 23.6. The van der Waals surface area contributed by atoms with Crippen molar-refractivity contribution >= 4 is 17.7 Å². The normalized spacial score (nSPS) is 18.6. The Hall–Kier alpha value is -4.69. The number of ether oxygens (including phenoxy) is 2. The zero-order chi connectivity index (χ0) is 28.9. The number of nitrogens with zero attached hydrogens (tertiary/aromatic N) is 4. The highest BCUT2D eigenvalue weighted by atomic mass is 16.5. The van der Waals surface area contributed by atoms with Gasteiger partial charge in [-0.15, -0.1) is 0 Å². The van der Waals surface area contributed by atoms with Crippen molar-refractivity contribution in [2.24, 2.45) is 4.99 Å². The van der Waals surface area contributed by atoms with E-state index in [1.165, 1.54) is 23.3 Å². The van der Waals surface area contributed by atoms with Crippen LogP contribution in [0.25, 0.3) is 0 Å². The van der Waals surface area contributed by atoms with Crippen molar-refractivity contribution in [2.75, 3.05) is 19.7 Å². The average Bonchev–Trinajstić information content (AvgIpc) is 3.43. The van der Waals surface area contributed by atoms with E-state index in [1.807, 2.05) is 43.3 Å². The largest absolute Gasteiger partial charge is 0.478 e. The fourth-order valence-electron chi connectivity index (χ4n) is 5.66. The monoisotopic (exact) mass is 562 g/mol. The third-order valence-electron chi connectivity index (χ3n) is 7.93. The van der Waals surface area contributed by atoms with Gasteiger partial charge in [0.1, 0.15) is 12.4 Å². The molecule has 3 aromatic carbocycles. The number of piperidine rings is 1. The molecule has 0 unspecified atom stereocenters. The first-order valence-corrected chi connectivity index (χ1v) is 14.3. The molecule has 2 fully saturated rings. The summed E-state index contributed by atoms with van der Waals surface area (Å²) in [7, 11) is 0. The Balaban J connectivity index is 1.11. The number of pyridine rings is 1. The Bertz CT molecular complexity index is 1540. The second-order valence-corrected chi connectivity index (χ2v) is 10.7. The van der Waals surface area contributed by atoms with E-state index in [-0.39, 0.29) is 11.6 Å². The number of rotatable bonds is 8. The lowest BCUT2D eigenvalue weighted by Gasteiger charge is -2.39. The van der Waals surface area contributed by atoms with E-state index < -0.39 is 5.97 Å². The van der Waals surface area contributed by atoms with Crippen molar-refractivity contribution in [2.45, 2.75) is 38.4 Å². The van der Waals surface area contributed by atoms with E-state index in [1.54, 1.807) is 12.1 Å². The van der Waals surface area contributed by atoms with Crippen LogP contribution in [-0.2, 0) is 11.3 Å². The molecule has 0 spiro atoms. The van der Waals surface area contributed by atoms with Gasteiger partial charge in [-0.05, 0) is 67.3 Å². The number of carboxylic acids is 1. The predicted octanol–water partition coefficient (Wildman–Crippen LogP) is 6.61. The highest BCUT2D eigenvalue weighted by molar-refractivity contribution is 5.87. The minimum atomic E-state index is -0.963. The summed E-state index contributed by atoms with van der Waals surface area (Å²) in [5, 5.41) is 9.09. The number of amidine groups is 1. The van der Waals surface area contributed by atoms with Gasteiger partial charge >= 0.3 is 5.97 Å². The molecule has 4 aromatic rings. The van der Waals surface area contributed by atoms with Gasteiger partial charge in [-0.25, -0.2) is 9.78 Å². The summed E-state index contributed by atoms with van der Waals surface area (Å²) in [6, 6.07) is 32.1. The molecule has 0 amide bonds. The van der Waals surface area contributed by atoms with Crippen LogP contribution in [0, 0.1) is 6.92 Å². The number of aliphatic imine (C=N–C) groups is 1. The molecule has 0 radical (unpaired) electrons. The summed E-state index contributed by atoms with van der Waals surface area (Å²) in [6.45, 7) is 5.35. The fourth-order valence-corrected chi connectivity index (χ4v) is 5.66. The van der Waals surface area contributed by atoms with Crippen molar-refractivity contribution in [3.05, 3.63) is 119 Å². The van der Waals surface area contributed by atoms with Crippen LogP contribution in [-0.4, -0.2) is 57.6 Å². The van der Waals surface area contributed by atoms with Crippen molar-refractivity contribution in [3.63, 3.8) is 0 Å². The van der Waals surface area contributed by atoms with E-state index in [9.17, 15) is 4.79 Å². The molecule has 1 N–H and O–H groups in total. The quantitative estimate of drug-likeness (QED) is 0.259. The fraction of sp³-hybridized carbons (Fsp3) is 0.265. The molecule has 3 heterocycles. The number of carbonyl (C=O) groups is 1. The van der Waals surface area contributed by atoms with Gasteiger partial charge in [-0.2, -0.15) is 4.99 Å². The summed E-state index contributed by atoms with van der Waals surface area (Å²) in [6.07, 6.45) is 2.03. The molecule has 1 atom stereocenters. The van der Waals surface area contributed by atoms with Crippen molar-refractivity contribution < 1.29 is 19.4 Å². The van der Waals surface area contributed by atoms with Gasteiger partial charge < -0.3 is 19.5 Å². The van der Waals surface area contributed by atoms with Crippen molar-refractivity contribution in [3.8, 4) is 11.6 Å². The molecule has 8 heteroatoms. The zero-order valence-corrected chi connectivity index (χ0v) is 23.6. The minimum Gasteiger partial charge on any atom is -0.478 e. The smallest absolute Gasteiger partial charge is 0.335 e. The number of likely N-dealkylation sites (tertiary alicyclic amines) is 1. The third kappa shape index (κ3) is 6.29. The second kappa shape index (κ2) is 12.4. The Morgan fingerprint density at radius 2 is 1.64 bits per heavy atom. The Morgan fingerprint density at radius 3 is 2.31 bits per heavy atom. The van der Waals surface area contributed by atoms with Crippen LogP contribution < -0.4 is 4.74 Å². The molecule has 1 aromatic heterocycles. The van der Waals surface area contributed by atoms with Gasteiger partial charge in [-0.1, -0.05) is 54.6 Å². The predicted molar refractivity (Wildman–Crippen MR) is 161 cm³/mol. The molecule has 0 bridgehead atoms. The number of aryl methyl sites for hydroxylation is 1. The lowest BCUT2D eigenvalue weighted by molar-refractivity contribution is 0.0697. The van der Waals surface area contributed by atoms with Gasteiger partial charge in [-0.3, -0.25) is 4.90 Å². The number of carboxylic acid groups (broad SMARTS) is 1. The van der Waals surface area contributed by atoms with Gasteiger partial charge in [0.15, 0.2) is 0 Å². The van der Waals surface area contributed by atoms with E-state index in [0.29, 0.717) is 30.3 Å². The Morgan fingerprint density at radius 1 is 0.952 bits per heavy atom. The molecule has 8 nitrogen and oxygen atoms in total. The molecule has 0 aliphatic carbocycles. The summed E-state index contributed by atoms with van der Waals surface area (Å²) >= 11 is 0. The first kappa shape index (κ1) is 27.5. The highest BCUT2D eigenvalue weighted by Gasteiger charge is 2.39. The second-order valence-electron chi connectivity index (χ2n) is 10.7. The average molecular weight is 563 g/mol. The molecule has 2 aliphatic rings. The van der Waals surface area contributed by atoms with Crippen molar-refractivity contribution in [1.29, 1.82) is 0 Å². The number of hydrogen-bond donors (Lipinski definition) is 1. The standard InChI is InChI=1S/C34H34N4O4/c1-24-27(14-17-32(35-24)42-30-15-12-26(13-16-30)33(39)40)22-37-20-18-29(19-21-37)38-31(25-8-4-2-5-9-25)23-41-34(38)36-28-10-6-3-7-11-28/h2-17,29,31H,18-23H2,1H3,(H,39,40)/b36-34+/t31-/m0/s1. The van der Waals surface area contributed by atoms with Crippen LogP contribution in [0.5, 0.6) is 11.6 Å². The van der Waals surface area contributed by atoms with Gasteiger partial charge in [0, 0.05) is 37.4 Å². The van der Waals surface area contributed by atoms with Crippen LogP contribution >= 0.6 is 0 Å². The molecular formula is C34H34N4O4. The number of benzene rings is 3. The van der Waals surface area contributed by atoms with E-state index in [0.717, 1.165) is 43.9 Å². The van der Waals surface area contributed by atoms with E-state index in [2.05, 4.69) is 51.2 Å². The first-order valence-electron chi connectivity index (χ1n) is 14.3. The molecular weight excluding hydrogens is 528 g/mol. The number of aromatic nitrogens is 1. The van der Waals surface area contributed by atoms with E-state index >= 15 is 0 Å². The highest BCUT2D eigenvalue weighted by Crippen LogP contribution is 2.34. The topological polar surface area (TPSA) is 87.5 Å². The molecule has 6 rings (SSSR count). The third-order valence-corrected chi connectivity index (χ3v) is 7.93. The van der Waals surface area contributed by atoms with Crippen LogP contribution in [0.4, 0.5) is 5.69 Å². The molecule has 2 aliphatic heterocycles. The summed E-state index contributed by atoms with van der Waals surface area (Å²) in [5.74, 6) is 0.0790. The van der Waals surface area contributed by atoms with Crippen LogP contribution in [0.3, 0.4) is 0 Å².